The number of carbonyl (C=O) groups is 1. The van der Waals surface area contributed by atoms with E-state index in [1.54, 1.807) is 12.1 Å². The Morgan fingerprint density at radius 2 is 1.61 bits per heavy atom. The molecule has 1 amide bonds. The van der Waals surface area contributed by atoms with E-state index in [9.17, 15) is 9.18 Å². The molecule has 3 aromatic carbocycles. The van der Waals surface area contributed by atoms with E-state index in [2.05, 4.69) is 41.8 Å². The Balaban J connectivity index is 1.44. The topological polar surface area (TPSA) is 38.1 Å². The summed E-state index contributed by atoms with van der Waals surface area (Å²) in [7, 11) is 0. The van der Waals surface area contributed by atoms with Gasteiger partial charge in [0, 0.05) is 32.0 Å². The van der Waals surface area contributed by atoms with Crippen molar-refractivity contribution in [1.29, 1.82) is 0 Å². The molecule has 2 heterocycles. The minimum atomic E-state index is -0.265. The molecule has 4 aromatic rings. The van der Waals surface area contributed by atoms with Gasteiger partial charge in [-0.1, -0.05) is 54.1 Å². The molecule has 1 saturated heterocycles. The number of carbonyl (C=O) groups excluding carboxylic acids is 1. The first kappa shape index (κ1) is 19.5. The molecule has 4 nitrogen and oxygen atoms in total. The van der Waals surface area contributed by atoms with Crippen LogP contribution in [0.15, 0.2) is 72.8 Å². The predicted octanol–water partition coefficient (Wildman–Crippen LogP) is 5.05. The summed E-state index contributed by atoms with van der Waals surface area (Å²) in [5.41, 5.74) is 5.42. The molecule has 0 radical (unpaired) electrons. The molecule has 1 aromatic heterocycles. The van der Waals surface area contributed by atoms with Crippen LogP contribution in [0.3, 0.4) is 0 Å². The monoisotopic (exact) mass is 413 g/mol. The molecule has 1 aliphatic rings. The van der Waals surface area contributed by atoms with Crippen LogP contribution in [0, 0.1) is 12.7 Å². The molecule has 1 atom stereocenters. The Morgan fingerprint density at radius 1 is 0.935 bits per heavy atom. The number of aryl methyl sites for hydroxylation is 1. The van der Waals surface area contributed by atoms with E-state index >= 15 is 0 Å². The number of rotatable bonds is 5. The fourth-order valence-electron chi connectivity index (χ4n) is 4.36. The molecule has 0 N–H and O–H groups in total. The number of halogens is 1. The number of fused-ring (bicyclic) bond motifs is 1. The fourth-order valence-corrected chi connectivity index (χ4v) is 4.36. The molecule has 0 aliphatic carbocycles. The van der Waals surface area contributed by atoms with Crippen LogP contribution in [-0.4, -0.2) is 26.9 Å². The van der Waals surface area contributed by atoms with E-state index in [0.29, 0.717) is 19.5 Å². The van der Waals surface area contributed by atoms with Gasteiger partial charge in [0.15, 0.2) is 0 Å². The van der Waals surface area contributed by atoms with Crippen molar-refractivity contribution in [2.75, 3.05) is 6.54 Å². The molecular weight excluding hydrogens is 389 g/mol. The number of nitrogens with zero attached hydrogens (tertiary/aromatic N) is 3. The van der Waals surface area contributed by atoms with Crippen molar-refractivity contribution in [3.05, 3.63) is 101 Å². The van der Waals surface area contributed by atoms with Gasteiger partial charge in [-0.3, -0.25) is 4.79 Å². The van der Waals surface area contributed by atoms with Crippen LogP contribution in [0.2, 0.25) is 0 Å². The molecular formula is C26H24FN3O. The van der Waals surface area contributed by atoms with E-state index in [1.165, 1.54) is 23.3 Å². The van der Waals surface area contributed by atoms with Crippen LogP contribution < -0.4 is 0 Å². The predicted molar refractivity (Wildman–Crippen MR) is 119 cm³/mol. The number of aromatic nitrogens is 2. The van der Waals surface area contributed by atoms with Gasteiger partial charge in [0.05, 0.1) is 11.0 Å². The SMILES string of the molecule is Cc1ccc(Cn2c([C@@H]3CC(=O)N(Cc4ccc(F)cc4)C3)nc3ccccc32)cc1. The highest BCUT2D eigenvalue weighted by Gasteiger charge is 2.34. The first-order valence-corrected chi connectivity index (χ1v) is 10.6. The quantitative estimate of drug-likeness (QED) is 0.459. The third kappa shape index (κ3) is 3.96. The van der Waals surface area contributed by atoms with Crippen LogP contribution in [-0.2, 0) is 17.9 Å². The third-order valence-electron chi connectivity index (χ3n) is 6.01. The lowest BCUT2D eigenvalue weighted by atomic mass is 10.1. The number of amides is 1. The Labute approximate surface area is 181 Å². The molecule has 0 saturated carbocycles. The van der Waals surface area contributed by atoms with Crippen molar-refractivity contribution >= 4 is 16.9 Å². The van der Waals surface area contributed by atoms with E-state index < -0.39 is 0 Å². The van der Waals surface area contributed by atoms with Gasteiger partial charge in [-0.2, -0.15) is 0 Å². The van der Waals surface area contributed by atoms with Crippen LogP contribution in [0.5, 0.6) is 0 Å². The van der Waals surface area contributed by atoms with Gasteiger partial charge in [0.25, 0.3) is 0 Å². The lowest BCUT2D eigenvalue weighted by molar-refractivity contribution is -0.128. The number of hydrogen-bond acceptors (Lipinski definition) is 2. The van der Waals surface area contributed by atoms with Gasteiger partial charge < -0.3 is 9.47 Å². The number of imidazole rings is 1. The van der Waals surface area contributed by atoms with E-state index in [1.807, 2.05) is 23.1 Å². The number of hydrogen-bond donors (Lipinski definition) is 0. The van der Waals surface area contributed by atoms with Gasteiger partial charge in [-0.15, -0.1) is 0 Å². The van der Waals surface area contributed by atoms with Crippen molar-refractivity contribution < 1.29 is 9.18 Å². The standard InChI is InChI=1S/C26H24FN3O/c1-18-6-8-20(9-7-18)16-30-24-5-3-2-4-23(24)28-26(30)21-14-25(31)29(17-21)15-19-10-12-22(27)13-11-19/h2-13,21H,14-17H2,1H3/t21-/m1/s1. The van der Waals surface area contributed by atoms with Crippen molar-refractivity contribution in [3.8, 4) is 0 Å². The van der Waals surface area contributed by atoms with Crippen molar-refractivity contribution in [3.63, 3.8) is 0 Å². The summed E-state index contributed by atoms with van der Waals surface area (Å²) in [5.74, 6) is 0.838. The van der Waals surface area contributed by atoms with Crippen LogP contribution in [0.25, 0.3) is 11.0 Å². The maximum Gasteiger partial charge on any atom is 0.223 e. The van der Waals surface area contributed by atoms with Crippen molar-refractivity contribution in [1.82, 2.24) is 14.5 Å². The average molecular weight is 413 g/mol. The Bertz CT molecular complexity index is 1230. The van der Waals surface area contributed by atoms with Gasteiger partial charge in [-0.25, -0.2) is 9.37 Å². The minimum absolute atomic E-state index is 0.0331. The highest BCUT2D eigenvalue weighted by molar-refractivity contribution is 5.81. The number of benzene rings is 3. The molecule has 0 bridgehead atoms. The van der Waals surface area contributed by atoms with Crippen molar-refractivity contribution in [2.45, 2.75) is 32.4 Å². The first-order chi connectivity index (χ1) is 15.1. The Kier molecular flexibility index (Phi) is 5.02. The molecule has 31 heavy (non-hydrogen) atoms. The second-order valence-electron chi connectivity index (χ2n) is 8.33. The van der Waals surface area contributed by atoms with Crippen LogP contribution in [0.1, 0.15) is 34.9 Å². The number of likely N-dealkylation sites (tertiary alicyclic amines) is 1. The first-order valence-electron chi connectivity index (χ1n) is 10.6. The summed E-state index contributed by atoms with van der Waals surface area (Å²) in [4.78, 5) is 19.6. The van der Waals surface area contributed by atoms with Gasteiger partial charge in [0.2, 0.25) is 5.91 Å². The van der Waals surface area contributed by atoms with Gasteiger partial charge >= 0.3 is 0 Å². The maximum absolute atomic E-state index is 13.2. The van der Waals surface area contributed by atoms with E-state index in [4.69, 9.17) is 4.98 Å². The molecule has 0 unspecified atom stereocenters. The minimum Gasteiger partial charge on any atom is -0.338 e. The molecule has 5 rings (SSSR count). The summed E-state index contributed by atoms with van der Waals surface area (Å²) < 4.78 is 15.5. The normalized spacial score (nSPS) is 16.4. The average Bonchev–Trinajstić information content (AvgIpc) is 3.32. The zero-order valence-electron chi connectivity index (χ0n) is 17.5. The van der Waals surface area contributed by atoms with E-state index in [-0.39, 0.29) is 17.6 Å². The highest BCUT2D eigenvalue weighted by Crippen LogP contribution is 2.31. The largest absolute Gasteiger partial charge is 0.338 e. The Morgan fingerprint density at radius 3 is 2.39 bits per heavy atom. The lowest BCUT2D eigenvalue weighted by Gasteiger charge is -2.17. The summed E-state index contributed by atoms with van der Waals surface area (Å²) >= 11 is 0. The number of para-hydroxylation sites is 2. The van der Waals surface area contributed by atoms with Crippen LogP contribution >= 0.6 is 0 Å². The van der Waals surface area contributed by atoms with Gasteiger partial charge in [-0.05, 0) is 42.3 Å². The summed E-state index contributed by atoms with van der Waals surface area (Å²) in [5, 5.41) is 0. The molecule has 156 valence electrons. The Hall–Kier alpha value is -3.47. The molecule has 1 fully saturated rings. The second-order valence-corrected chi connectivity index (χ2v) is 8.33. The fraction of sp³-hybridized carbons (Fsp3) is 0.231. The zero-order chi connectivity index (χ0) is 21.4. The summed E-state index contributed by atoms with van der Waals surface area (Å²) in [6.07, 6.45) is 0.443. The highest BCUT2D eigenvalue weighted by atomic mass is 19.1. The van der Waals surface area contributed by atoms with Gasteiger partial charge in [0.1, 0.15) is 11.6 Å². The van der Waals surface area contributed by atoms with Crippen molar-refractivity contribution in [2.24, 2.45) is 0 Å². The van der Waals surface area contributed by atoms with E-state index in [0.717, 1.165) is 29.0 Å². The molecule has 1 aliphatic heterocycles. The van der Waals surface area contributed by atoms with Crippen LogP contribution in [0.4, 0.5) is 4.39 Å². The molecule has 5 heteroatoms. The zero-order valence-corrected chi connectivity index (χ0v) is 17.5. The maximum atomic E-state index is 13.2. The second kappa shape index (κ2) is 7.99. The summed E-state index contributed by atoms with van der Waals surface area (Å²) in [6, 6.07) is 23.0. The summed E-state index contributed by atoms with van der Waals surface area (Å²) in [6.45, 7) is 3.92. The lowest BCUT2D eigenvalue weighted by Crippen LogP contribution is -2.24. The smallest absolute Gasteiger partial charge is 0.223 e. The molecule has 0 spiro atoms. The third-order valence-corrected chi connectivity index (χ3v) is 6.01.